The van der Waals surface area contributed by atoms with Gasteiger partial charge in [-0.3, -0.25) is 5.41 Å². The number of aliphatic hydroxyl groups is 1. The zero-order valence-electron chi connectivity index (χ0n) is 11.4. The van der Waals surface area contributed by atoms with Gasteiger partial charge in [-0.25, -0.2) is 4.79 Å². The Labute approximate surface area is 119 Å². The van der Waals surface area contributed by atoms with Gasteiger partial charge in [-0.15, -0.1) is 0 Å². The minimum absolute atomic E-state index is 0.149. The zero-order chi connectivity index (χ0) is 16.2. The number of halogens is 3. The van der Waals surface area contributed by atoms with Gasteiger partial charge in [0, 0.05) is 5.57 Å². The molecule has 0 aliphatic heterocycles. The van der Waals surface area contributed by atoms with E-state index < -0.39 is 29.2 Å². The number of hydrogen-bond donors (Lipinski definition) is 2. The lowest BCUT2D eigenvalue weighted by atomic mass is 10.0. The average Bonchev–Trinajstić information content (AvgIpc) is 2.44. The van der Waals surface area contributed by atoms with Crippen molar-refractivity contribution in [3.63, 3.8) is 0 Å². The van der Waals surface area contributed by atoms with Crippen LogP contribution >= 0.6 is 0 Å². The van der Waals surface area contributed by atoms with Gasteiger partial charge in [0.25, 0.3) is 0 Å². The van der Waals surface area contributed by atoms with Gasteiger partial charge < -0.3 is 9.84 Å². The molecule has 0 unspecified atom stereocenters. The molecule has 0 atom stereocenters. The smallest absolute Gasteiger partial charge is 0.449 e. The highest BCUT2D eigenvalue weighted by molar-refractivity contribution is 6.10. The summed E-state index contributed by atoms with van der Waals surface area (Å²) in [5, 5.41) is 16.7. The number of allylic oxidation sites excluding steroid dienone is 2. The maximum absolute atomic E-state index is 12.4. The summed E-state index contributed by atoms with van der Waals surface area (Å²) in [6.07, 6.45) is -4.90. The van der Waals surface area contributed by atoms with Crippen molar-refractivity contribution in [3.8, 4) is 0 Å². The lowest BCUT2D eigenvalue weighted by Crippen LogP contribution is -2.17. The molecule has 0 spiro atoms. The fraction of sp³-hybridized carbons (Fsp3) is 0.286. The quantitative estimate of drug-likeness (QED) is 0.507. The highest BCUT2D eigenvalue weighted by atomic mass is 19.4. The molecule has 0 aliphatic carbocycles. The average molecular weight is 301 g/mol. The second kappa shape index (κ2) is 6.43. The fourth-order valence-electron chi connectivity index (χ4n) is 1.53. The van der Waals surface area contributed by atoms with Crippen LogP contribution in [0.3, 0.4) is 0 Å². The molecule has 1 rings (SSSR count). The lowest BCUT2D eigenvalue weighted by molar-refractivity contribution is -0.121. The third-order valence-corrected chi connectivity index (χ3v) is 2.68. The molecule has 0 radical (unpaired) electrons. The van der Waals surface area contributed by atoms with E-state index in [2.05, 4.69) is 0 Å². The minimum atomic E-state index is -4.90. The second-order valence-electron chi connectivity index (χ2n) is 4.14. The zero-order valence-corrected chi connectivity index (χ0v) is 11.4. The van der Waals surface area contributed by atoms with E-state index in [0.717, 1.165) is 6.92 Å². The van der Waals surface area contributed by atoms with Gasteiger partial charge in [-0.05, 0) is 31.5 Å². The Morgan fingerprint density at radius 1 is 1.24 bits per heavy atom. The van der Waals surface area contributed by atoms with E-state index in [-0.39, 0.29) is 17.7 Å². The number of esters is 1. The van der Waals surface area contributed by atoms with E-state index in [0.29, 0.717) is 0 Å². The summed E-state index contributed by atoms with van der Waals surface area (Å²) in [6.45, 7) is 2.86. The van der Waals surface area contributed by atoms with E-state index >= 15 is 0 Å². The van der Waals surface area contributed by atoms with Gasteiger partial charge in [0.15, 0.2) is 0 Å². The number of rotatable bonds is 4. The SMILES string of the molecule is CCOC(=O)c1ccc(C(=N)/C(C)=C(\O)C(F)(F)F)cc1. The van der Waals surface area contributed by atoms with Crippen LogP contribution in [0, 0.1) is 5.41 Å². The number of nitrogens with one attached hydrogen (secondary N) is 1. The van der Waals surface area contributed by atoms with Gasteiger partial charge in [0.05, 0.1) is 17.9 Å². The summed E-state index contributed by atoms with van der Waals surface area (Å²) in [5.74, 6) is -2.36. The van der Waals surface area contributed by atoms with E-state index in [1.807, 2.05) is 0 Å². The standard InChI is InChI=1S/C14H14F3NO3/c1-3-21-13(20)10-6-4-9(5-7-10)11(18)8(2)12(19)14(15,16)17/h4-7,18-19H,3H2,1-2H3/b12-8-,18-11?. The third kappa shape index (κ3) is 4.08. The molecule has 1 aromatic rings. The molecule has 0 aromatic heterocycles. The van der Waals surface area contributed by atoms with Crippen LogP contribution in [0.25, 0.3) is 0 Å². The Balaban J connectivity index is 3.03. The van der Waals surface area contributed by atoms with Gasteiger partial charge in [0.1, 0.15) is 0 Å². The fourth-order valence-corrected chi connectivity index (χ4v) is 1.53. The molecule has 0 aliphatic rings. The number of carbonyl (C=O) groups excluding carboxylic acids is 1. The molecule has 0 amide bonds. The number of ether oxygens (including phenoxy) is 1. The predicted molar refractivity (Wildman–Crippen MR) is 70.6 cm³/mol. The summed E-state index contributed by atoms with van der Waals surface area (Å²) in [5.41, 5.74) is -0.682. The molecule has 0 bridgehead atoms. The Morgan fingerprint density at radius 3 is 2.14 bits per heavy atom. The van der Waals surface area contributed by atoms with E-state index in [1.54, 1.807) is 6.92 Å². The van der Waals surface area contributed by atoms with Gasteiger partial charge in [-0.2, -0.15) is 13.2 Å². The number of benzene rings is 1. The summed E-state index contributed by atoms with van der Waals surface area (Å²) in [6, 6.07) is 5.34. The van der Waals surface area contributed by atoms with Gasteiger partial charge in [0.2, 0.25) is 5.76 Å². The first-order valence-electron chi connectivity index (χ1n) is 6.02. The molecule has 114 valence electrons. The monoisotopic (exact) mass is 301 g/mol. The molecule has 0 saturated heterocycles. The van der Waals surface area contributed by atoms with Crippen LogP contribution < -0.4 is 0 Å². The van der Waals surface area contributed by atoms with Crippen LogP contribution in [0.1, 0.15) is 29.8 Å². The molecule has 0 saturated carbocycles. The molecule has 0 fully saturated rings. The molecule has 21 heavy (non-hydrogen) atoms. The highest BCUT2D eigenvalue weighted by Crippen LogP contribution is 2.27. The van der Waals surface area contributed by atoms with Gasteiger partial charge in [-0.1, -0.05) is 12.1 Å². The molecule has 4 nitrogen and oxygen atoms in total. The van der Waals surface area contributed by atoms with E-state index in [9.17, 15) is 18.0 Å². The Hall–Kier alpha value is -2.31. The van der Waals surface area contributed by atoms with Crippen molar-refractivity contribution in [2.75, 3.05) is 6.61 Å². The van der Waals surface area contributed by atoms with Crippen LogP contribution in [0.5, 0.6) is 0 Å². The molecule has 0 heterocycles. The van der Waals surface area contributed by atoms with Crippen molar-refractivity contribution >= 4 is 11.7 Å². The number of carbonyl (C=O) groups is 1. The number of hydrogen-bond acceptors (Lipinski definition) is 4. The highest BCUT2D eigenvalue weighted by Gasteiger charge is 2.36. The number of alkyl halides is 3. The van der Waals surface area contributed by atoms with Crippen molar-refractivity contribution < 1.29 is 27.8 Å². The lowest BCUT2D eigenvalue weighted by Gasteiger charge is -2.11. The maximum Gasteiger partial charge on any atom is 0.449 e. The van der Waals surface area contributed by atoms with Gasteiger partial charge >= 0.3 is 12.1 Å². The van der Waals surface area contributed by atoms with E-state index in [1.165, 1.54) is 24.3 Å². The minimum Gasteiger partial charge on any atom is -0.504 e. The molecule has 1 aromatic carbocycles. The van der Waals surface area contributed by atoms with Crippen LogP contribution in [-0.2, 0) is 4.74 Å². The Morgan fingerprint density at radius 2 is 1.71 bits per heavy atom. The molecule has 7 heteroatoms. The first kappa shape index (κ1) is 16.7. The first-order valence-corrected chi connectivity index (χ1v) is 6.02. The second-order valence-corrected chi connectivity index (χ2v) is 4.14. The summed E-state index contributed by atoms with van der Waals surface area (Å²) >= 11 is 0. The Bertz CT molecular complexity index is 574. The van der Waals surface area contributed by atoms with Crippen LogP contribution in [0.2, 0.25) is 0 Å². The topological polar surface area (TPSA) is 70.4 Å². The summed E-state index contributed by atoms with van der Waals surface area (Å²) in [4.78, 5) is 11.4. The first-order chi connectivity index (χ1) is 9.68. The van der Waals surface area contributed by atoms with Crippen LogP contribution in [0.15, 0.2) is 35.6 Å². The number of aliphatic hydroxyl groups excluding tert-OH is 1. The largest absolute Gasteiger partial charge is 0.504 e. The third-order valence-electron chi connectivity index (χ3n) is 2.68. The molecule has 2 N–H and O–H groups in total. The van der Waals surface area contributed by atoms with Crippen molar-refractivity contribution in [3.05, 3.63) is 46.7 Å². The van der Waals surface area contributed by atoms with Crippen molar-refractivity contribution in [2.24, 2.45) is 0 Å². The Kier molecular flexibility index (Phi) is 5.12. The summed E-state index contributed by atoms with van der Waals surface area (Å²) < 4.78 is 41.9. The maximum atomic E-state index is 12.4. The van der Waals surface area contributed by atoms with Crippen LogP contribution in [0.4, 0.5) is 13.2 Å². The summed E-state index contributed by atoms with van der Waals surface area (Å²) in [7, 11) is 0. The normalized spacial score (nSPS) is 12.6. The molecular weight excluding hydrogens is 287 g/mol. The van der Waals surface area contributed by atoms with Crippen molar-refractivity contribution in [1.82, 2.24) is 0 Å². The predicted octanol–water partition coefficient (Wildman–Crippen LogP) is 3.63. The van der Waals surface area contributed by atoms with Crippen LogP contribution in [-0.4, -0.2) is 29.6 Å². The van der Waals surface area contributed by atoms with Crippen molar-refractivity contribution in [1.29, 1.82) is 5.41 Å². The molecular formula is C14H14F3NO3. The van der Waals surface area contributed by atoms with Crippen molar-refractivity contribution in [2.45, 2.75) is 20.0 Å². The van der Waals surface area contributed by atoms with E-state index in [4.69, 9.17) is 15.3 Å².